The Morgan fingerprint density at radius 1 is 1.07 bits per heavy atom. The maximum absolute atomic E-state index is 12.9. The van der Waals surface area contributed by atoms with Crippen LogP contribution in [0.2, 0.25) is 10.0 Å². The molecule has 0 radical (unpaired) electrons. The Kier molecular flexibility index (Phi) is 5.67. The molecular weight excluding hydrogens is 455 g/mol. The number of benzene rings is 1. The van der Waals surface area contributed by atoms with Gasteiger partial charge in [-0.1, -0.05) is 35.3 Å². The van der Waals surface area contributed by atoms with E-state index in [1.54, 1.807) is 28.4 Å². The van der Waals surface area contributed by atoms with Gasteiger partial charge in [-0.05, 0) is 29.6 Å². The smallest absolute Gasteiger partial charge is 0.274 e. The fourth-order valence-electron chi connectivity index (χ4n) is 3.14. The van der Waals surface area contributed by atoms with Crippen LogP contribution >= 0.6 is 34.5 Å². The topological polar surface area (TPSA) is 86.4 Å². The van der Waals surface area contributed by atoms with Gasteiger partial charge in [0, 0.05) is 26.2 Å². The lowest BCUT2D eigenvalue weighted by atomic mass is 10.2. The molecule has 1 aliphatic heterocycles. The Morgan fingerprint density at radius 2 is 1.76 bits per heavy atom. The van der Waals surface area contributed by atoms with Gasteiger partial charge in [0.2, 0.25) is 10.0 Å². The molecule has 0 unspecified atom stereocenters. The van der Waals surface area contributed by atoms with Gasteiger partial charge in [-0.15, -0.1) is 11.3 Å². The Bertz CT molecular complexity index is 1120. The van der Waals surface area contributed by atoms with E-state index in [0.717, 1.165) is 10.6 Å². The van der Waals surface area contributed by atoms with E-state index in [1.807, 2.05) is 17.5 Å². The quantitative estimate of drug-likeness (QED) is 0.630. The number of aromatic nitrogens is 2. The SMILES string of the molecule is O=C(c1cc(-c2cccs2)[nH]n1)N1CCN(S(=O)(=O)c2c(Cl)cccc2Cl)CC1. The molecule has 3 heterocycles. The van der Waals surface area contributed by atoms with Gasteiger partial charge in [-0.25, -0.2) is 8.42 Å². The van der Waals surface area contributed by atoms with Gasteiger partial charge in [0.1, 0.15) is 4.90 Å². The number of rotatable bonds is 4. The van der Waals surface area contributed by atoms with E-state index >= 15 is 0 Å². The maximum Gasteiger partial charge on any atom is 0.274 e. The summed E-state index contributed by atoms with van der Waals surface area (Å²) in [5.41, 5.74) is 1.08. The molecule has 0 aliphatic carbocycles. The monoisotopic (exact) mass is 470 g/mol. The average molecular weight is 471 g/mol. The third-order valence-corrected chi connectivity index (χ3v) is 8.38. The zero-order valence-electron chi connectivity index (χ0n) is 15.0. The molecule has 2 aromatic heterocycles. The van der Waals surface area contributed by atoms with Crippen molar-refractivity contribution < 1.29 is 13.2 Å². The molecule has 0 atom stereocenters. The summed E-state index contributed by atoms with van der Waals surface area (Å²) in [6, 6.07) is 10.1. The van der Waals surface area contributed by atoms with Crippen LogP contribution < -0.4 is 0 Å². The Morgan fingerprint density at radius 3 is 2.38 bits per heavy atom. The van der Waals surface area contributed by atoms with Crippen molar-refractivity contribution in [1.29, 1.82) is 0 Å². The molecule has 4 rings (SSSR count). The summed E-state index contributed by atoms with van der Waals surface area (Å²) in [5, 5.41) is 9.08. The molecule has 0 spiro atoms. The first-order valence-electron chi connectivity index (χ1n) is 8.70. The molecule has 3 aromatic rings. The summed E-state index contributed by atoms with van der Waals surface area (Å²) in [5.74, 6) is -0.239. The first kappa shape index (κ1) is 20.4. The predicted octanol–water partition coefficient (Wildman–Crippen LogP) is 3.59. The number of carbonyl (C=O) groups is 1. The van der Waals surface area contributed by atoms with Crippen molar-refractivity contribution in [3.63, 3.8) is 0 Å². The minimum atomic E-state index is -3.85. The van der Waals surface area contributed by atoms with Gasteiger partial charge in [-0.2, -0.15) is 9.40 Å². The van der Waals surface area contributed by atoms with E-state index in [-0.39, 0.29) is 47.0 Å². The molecule has 1 amide bonds. The van der Waals surface area contributed by atoms with Gasteiger partial charge in [0.05, 0.1) is 20.6 Å². The van der Waals surface area contributed by atoms with Crippen LogP contribution in [0, 0.1) is 0 Å². The molecule has 0 bridgehead atoms. The molecular formula is C18H16Cl2N4O3S2. The van der Waals surface area contributed by atoms with Crippen LogP contribution in [0.3, 0.4) is 0 Å². The number of aromatic amines is 1. The number of hydrogen-bond acceptors (Lipinski definition) is 5. The van der Waals surface area contributed by atoms with Crippen LogP contribution in [0.15, 0.2) is 46.7 Å². The fraction of sp³-hybridized carbons (Fsp3) is 0.222. The van der Waals surface area contributed by atoms with Crippen LogP contribution in [-0.4, -0.2) is 59.9 Å². The molecule has 1 saturated heterocycles. The van der Waals surface area contributed by atoms with Crippen LogP contribution in [0.1, 0.15) is 10.5 Å². The minimum absolute atomic E-state index is 0.0774. The second-order valence-corrected chi connectivity index (χ2v) is 10.0. The van der Waals surface area contributed by atoms with Crippen molar-refractivity contribution in [2.75, 3.05) is 26.2 Å². The number of nitrogens with one attached hydrogen (secondary N) is 1. The lowest BCUT2D eigenvalue weighted by Gasteiger charge is -2.33. The third kappa shape index (κ3) is 3.93. The molecule has 152 valence electrons. The van der Waals surface area contributed by atoms with Gasteiger partial charge < -0.3 is 4.90 Å². The van der Waals surface area contributed by atoms with E-state index in [1.165, 1.54) is 16.4 Å². The molecule has 1 aliphatic rings. The largest absolute Gasteiger partial charge is 0.335 e. The lowest BCUT2D eigenvalue weighted by Crippen LogP contribution is -2.50. The molecule has 1 N–H and O–H groups in total. The van der Waals surface area contributed by atoms with E-state index in [4.69, 9.17) is 23.2 Å². The zero-order chi connectivity index (χ0) is 20.6. The van der Waals surface area contributed by atoms with Gasteiger partial charge in [0.15, 0.2) is 5.69 Å². The second kappa shape index (κ2) is 8.08. The van der Waals surface area contributed by atoms with Crippen molar-refractivity contribution in [1.82, 2.24) is 19.4 Å². The van der Waals surface area contributed by atoms with Crippen molar-refractivity contribution in [3.05, 3.63) is 57.5 Å². The fourth-order valence-corrected chi connectivity index (χ4v) is 6.35. The Labute approximate surface area is 181 Å². The normalized spacial score (nSPS) is 15.6. The molecule has 11 heteroatoms. The van der Waals surface area contributed by atoms with Crippen molar-refractivity contribution in [2.24, 2.45) is 0 Å². The molecule has 0 saturated carbocycles. The molecule has 7 nitrogen and oxygen atoms in total. The van der Waals surface area contributed by atoms with Crippen LogP contribution in [0.4, 0.5) is 0 Å². The van der Waals surface area contributed by atoms with Crippen molar-refractivity contribution in [2.45, 2.75) is 4.90 Å². The van der Waals surface area contributed by atoms with E-state index in [9.17, 15) is 13.2 Å². The highest BCUT2D eigenvalue weighted by Crippen LogP contribution is 2.32. The number of halogens is 2. The first-order chi connectivity index (χ1) is 13.9. The molecule has 29 heavy (non-hydrogen) atoms. The number of thiophene rings is 1. The van der Waals surface area contributed by atoms with Crippen molar-refractivity contribution >= 4 is 50.5 Å². The Balaban J connectivity index is 1.46. The average Bonchev–Trinajstić information content (AvgIpc) is 3.39. The predicted molar refractivity (Wildman–Crippen MR) is 113 cm³/mol. The highest BCUT2D eigenvalue weighted by molar-refractivity contribution is 7.89. The standard InChI is InChI=1S/C18H16Cl2N4O3S2/c19-12-3-1-4-13(20)17(12)29(26,27)24-8-6-23(7-9-24)18(25)15-11-14(21-22-15)16-5-2-10-28-16/h1-5,10-11H,6-9H2,(H,21,22). The highest BCUT2D eigenvalue weighted by Gasteiger charge is 2.33. The Hall–Kier alpha value is -1.91. The van der Waals surface area contributed by atoms with Crippen molar-refractivity contribution in [3.8, 4) is 10.6 Å². The number of hydrogen-bond donors (Lipinski definition) is 1. The minimum Gasteiger partial charge on any atom is -0.335 e. The summed E-state index contributed by atoms with van der Waals surface area (Å²) < 4.78 is 27.2. The number of nitrogens with zero attached hydrogens (tertiary/aromatic N) is 3. The van der Waals surface area contributed by atoms with E-state index in [0.29, 0.717) is 5.69 Å². The summed E-state index contributed by atoms with van der Waals surface area (Å²) in [6.45, 7) is 0.804. The van der Waals surface area contributed by atoms with Crippen LogP contribution in [0.5, 0.6) is 0 Å². The van der Waals surface area contributed by atoms with E-state index in [2.05, 4.69) is 10.2 Å². The summed E-state index contributed by atoms with van der Waals surface area (Å²) in [6.07, 6.45) is 0. The zero-order valence-corrected chi connectivity index (χ0v) is 18.2. The van der Waals surface area contributed by atoms with Crippen LogP contribution in [-0.2, 0) is 10.0 Å². The summed E-state index contributed by atoms with van der Waals surface area (Å²) in [7, 11) is -3.85. The first-order valence-corrected chi connectivity index (χ1v) is 11.8. The molecule has 1 aromatic carbocycles. The number of sulfonamides is 1. The van der Waals surface area contributed by atoms with Crippen LogP contribution in [0.25, 0.3) is 10.6 Å². The number of piperazine rings is 1. The highest BCUT2D eigenvalue weighted by atomic mass is 35.5. The summed E-state index contributed by atoms with van der Waals surface area (Å²) >= 11 is 13.7. The number of amides is 1. The maximum atomic E-state index is 12.9. The number of carbonyl (C=O) groups excluding carboxylic acids is 1. The van der Waals surface area contributed by atoms with E-state index < -0.39 is 10.0 Å². The second-order valence-electron chi connectivity index (χ2n) is 6.39. The summed E-state index contributed by atoms with van der Waals surface area (Å²) in [4.78, 5) is 15.2. The lowest BCUT2D eigenvalue weighted by molar-refractivity contribution is 0.0692. The van der Waals surface area contributed by atoms with Gasteiger partial charge in [0.25, 0.3) is 5.91 Å². The van der Waals surface area contributed by atoms with Gasteiger partial charge >= 0.3 is 0 Å². The number of H-pyrrole nitrogens is 1. The third-order valence-electron chi connectivity index (χ3n) is 4.63. The molecule has 1 fully saturated rings. The van der Waals surface area contributed by atoms with Gasteiger partial charge in [-0.3, -0.25) is 9.89 Å².